The Morgan fingerprint density at radius 3 is 2.60 bits per heavy atom. The van der Waals surface area contributed by atoms with E-state index >= 15 is 0 Å². The average Bonchev–Trinajstić information content (AvgIpc) is 2.98. The lowest BCUT2D eigenvalue weighted by atomic mass is 9.93. The molecule has 3 nitrogen and oxygen atoms in total. The van der Waals surface area contributed by atoms with Crippen LogP contribution < -0.4 is 5.32 Å². The number of thioether (sulfide) groups is 1. The van der Waals surface area contributed by atoms with Crippen molar-refractivity contribution < 1.29 is 8.78 Å². The fourth-order valence-electron chi connectivity index (χ4n) is 3.78. The maximum Gasteiger partial charge on any atom is 0.290 e. The molecule has 2 aliphatic rings. The number of nitrogens with zero attached hydrogens (tertiary/aromatic N) is 2. The molecule has 2 aliphatic carbocycles. The predicted molar refractivity (Wildman–Crippen MR) is 96.5 cm³/mol. The van der Waals surface area contributed by atoms with Crippen molar-refractivity contribution in [2.45, 2.75) is 56.1 Å². The van der Waals surface area contributed by atoms with Gasteiger partial charge in [0.15, 0.2) is 5.16 Å². The predicted octanol–water partition coefficient (Wildman–Crippen LogP) is 4.60. The van der Waals surface area contributed by atoms with Crippen LogP contribution in [-0.2, 0) is 25.2 Å². The van der Waals surface area contributed by atoms with Crippen molar-refractivity contribution in [2.75, 3.05) is 11.1 Å². The molecule has 0 spiro atoms. The monoisotopic (exact) mass is 361 g/mol. The lowest BCUT2D eigenvalue weighted by Gasteiger charge is -2.27. The van der Waals surface area contributed by atoms with Crippen LogP contribution in [0, 0.1) is 0 Å². The van der Waals surface area contributed by atoms with Crippen LogP contribution >= 0.6 is 11.8 Å². The highest BCUT2D eigenvalue weighted by molar-refractivity contribution is 7.99. The highest BCUT2D eigenvalue weighted by Gasteiger charge is 2.40. The van der Waals surface area contributed by atoms with Crippen molar-refractivity contribution in [3.8, 4) is 0 Å². The lowest BCUT2D eigenvalue weighted by Crippen LogP contribution is -2.28. The van der Waals surface area contributed by atoms with Gasteiger partial charge in [0.25, 0.3) is 5.92 Å². The van der Waals surface area contributed by atoms with Crippen LogP contribution in [0.1, 0.15) is 42.1 Å². The molecule has 6 heteroatoms. The highest BCUT2D eigenvalue weighted by atomic mass is 32.2. The van der Waals surface area contributed by atoms with Crippen LogP contribution in [0.25, 0.3) is 0 Å². The molecule has 25 heavy (non-hydrogen) atoms. The molecule has 0 bridgehead atoms. The number of fused-ring (bicyclic) bond motifs is 2. The van der Waals surface area contributed by atoms with E-state index in [1.54, 1.807) is 0 Å². The summed E-state index contributed by atoms with van der Waals surface area (Å²) in [6.07, 6.45) is 2.78. The van der Waals surface area contributed by atoms with E-state index in [0.717, 1.165) is 18.6 Å². The first-order valence-corrected chi connectivity index (χ1v) is 9.80. The number of alkyl halides is 2. The second-order valence-electron chi connectivity index (χ2n) is 6.69. The Hall–Kier alpha value is -1.69. The Bertz CT molecular complexity index is 769. The molecule has 1 heterocycles. The molecule has 0 radical (unpaired) electrons. The zero-order valence-corrected chi connectivity index (χ0v) is 15.0. The van der Waals surface area contributed by atoms with E-state index in [-0.39, 0.29) is 18.2 Å². The van der Waals surface area contributed by atoms with Gasteiger partial charge >= 0.3 is 0 Å². The lowest BCUT2D eigenvalue weighted by molar-refractivity contribution is -0.0269. The van der Waals surface area contributed by atoms with Crippen LogP contribution in [-0.4, -0.2) is 21.8 Å². The summed E-state index contributed by atoms with van der Waals surface area (Å²) in [6, 6.07) is 8.57. The number of hydrogen-bond donors (Lipinski definition) is 1. The minimum absolute atomic E-state index is 0.0669. The van der Waals surface area contributed by atoms with Gasteiger partial charge in [-0.3, -0.25) is 0 Å². The summed E-state index contributed by atoms with van der Waals surface area (Å²) < 4.78 is 28.8. The second-order valence-corrected chi connectivity index (χ2v) is 7.92. The van der Waals surface area contributed by atoms with Gasteiger partial charge in [0.2, 0.25) is 0 Å². The average molecular weight is 361 g/mol. The largest absolute Gasteiger partial charge is 0.366 e. The maximum atomic E-state index is 14.4. The van der Waals surface area contributed by atoms with E-state index in [2.05, 4.69) is 27.4 Å². The Morgan fingerprint density at radius 1 is 1.20 bits per heavy atom. The molecule has 0 aliphatic heterocycles. The second kappa shape index (κ2) is 6.56. The van der Waals surface area contributed by atoms with Gasteiger partial charge in [0.05, 0.1) is 0 Å². The topological polar surface area (TPSA) is 37.8 Å². The fourth-order valence-corrected chi connectivity index (χ4v) is 4.35. The highest BCUT2D eigenvalue weighted by Crippen LogP contribution is 2.42. The normalized spacial score (nSPS) is 18.7. The van der Waals surface area contributed by atoms with E-state index in [4.69, 9.17) is 0 Å². The molecule has 0 unspecified atom stereocenters. The SMILES string of the molecule is CCSc1nc(NC2Cc3ccccc3C2)c2c(n1)C(F)(F)CCC2. The van der Waals surface area contributed by atoms with Crippen LogP contribution in [0.2, 0.25) is 0 Å². The molecule has 2 aromatic rings. The molecule has 1 aromatic carbocycles. The van der Waals surface area contributed by atoms with Crippen molar-refractivity contribution in [2.24, 2.45) is 0 Å². The number of aromatic nitrogens is 2. The number of benzene rings is 1. The van der Waals surface area contributed by atoms with E-state index in [1.807, 2.05) is 19.1 Å². The third-order valence-corrected chi connectivity index (χ3v) is 5.65. The Labute approximate surface area is 150 Å². The summed E-state index contributed by atoms with van der Waals surface area (Å²) in [5, 5.41) is 3.90. The van der Waals surface area contributed by atoms with Crippen LogP contribution in [0.15, 0.2) is 29.4 Å². The molecule has 4 rings (SSSR count). The molecule has 0 saturated carbocycles. The van der Waals surface area contributed by atoms with Gasteiger partial charge in [0.1, 0.15) is 11.5 Å². The molecule has 1 N–H and O–H groups in total. The molecule has 1 aromatic heterocycles. The van der Waals surface area contributed by atoms with Crippen molar-refractivity contribution in [3.63, 3.8) is 0 Å². The first-order chi connectivity index (χ1) is 12.1. The van der Waals surface area contributed by atoms with Crippen LogP contribution in [0.3, 0.4) is 0 Å². The first kappa shape index (κ1) is 16.8. The first-order valence-electron chi connectivity index (χ1n) is 8.82. The fraction of sp³-hybridized carbons (Fsp3) is 0.474. The number of halogens is 2. The number of anilines is 1. The molecular weight excluding hydrogens is 340 g/mol. The van der Waals surface area contributed by atoms with Crippen molar-refractivity contribution in [1.82, 2.24) is 9.97 Å². The minimum Gasteiger partial charge on any atom is -0.366 e. The number of nitrogens with one attached hydrogen (secondary N) is 1. The standard InChI is InChI=1S/C19H21F2N3S/c1-2-25-18-23-16-15(8-5-9-19(16,20)21)17(24-18)22-14-10-12-6-3-4-7-13(12)11-14/h3-4,6-7,14H,2,5,8-11H2,1H3,(H,22,23,24). The van der Waals surface area contributed by atoms with Gasteiger partial charge in [-0.15, -0.1) is 0 Å². The van der Waals surface area contributed by atoms with Crippen molar-refractivity contribution in [3.05, 3.63) is 46.6 Å². The third-order valence-electron chi connectivity index (χ3n) is 4.92. The van der Waals surface area contributed by atoms with Crippen LogP contribution in [0.5, 0.6) is 0 Å². The maximum absolute atomic E-state index is 14.4. The summed E-state index contributed by atoms with van der Waals surface area (Å²) in [7, 11) is 0. The van der Waals surface area contributed by atoms with E-state index in [1.165, 1.54) is 22.9 Å². The summed E-state index contributed by atoms with van der Waals surface area (Å²) in [5.74, 6) is -1.48. The molecule has 0 fully saturated rings. The van der Waals surface area contributed by atoms with Gasteiger partial charge in [-0.2, -0.15) is 8.78 Å². The summed E-state index contributed by atoms with van der Waals surface area (Å²) in [5.41, 5.74) is 3.20. The number of hydrogen-bond acceptors (Lipinski definition) is 4. The molecule has 0 amide bonds. The summed E-state index contributed by atoms with van der Waals surface area (Å²) in [6.45, 7) is 1.98. The molecule has 132 valence electrons. The minimum atomic E-state index is -2.85. The molecular formula is C19H21F2N3S. The van der Waals surface area contributed by atoms with Gasteiger partial charge in [-0.1, -0.05) is 43.0 Å². The Balaban J connectivity index is 1.66. The van der Waals surface area contributed by atoms with Crippen molar-refractivity contribution in [1.29, 1.82) is 0 Å². The van der Waals surface area contributed by atoms with E-state index in [9.17, 15) is 8.78 Å². The van der Waals surface area contributed by atoms with Gasteiger partial charge in [-0.25, -0.2) is 9.97 Å². The molecule has 0 atom stereocenters. The van der Waals surface area contributed by atoms with Gasteiger partial charge in [-0.05, 0) is 42.6 Å². The Morgan fingerprint density at radius 2 is 1.92 bits per heavy atom. The van der Waals surface area contributed by atoms with E-state index < -0.39 is 5.92 Å². The zero-order chi connectivity index (χ0) is 17.4. The summed E-state index contributed by atoms with van der Waals surface area (Å²) >= 11 is 1.41. The van der Waals surface area contributed by atoms with Crippen LogP contribution in [0.4, 0.5) is 14.6 Å². The van der Waals surface area contributed by atoms with E-state index in [0.29, 0.717) is 29.4 Å². The van der Waals surface area contributed by atoms with Crippen molar-refractivity contribution >= 4 is 17.6 Å². The Kier molecular flexibility index (Phi) is 4.40. The van der Waals surface area contributed by atoms with Gasteiger partial charge in [0, 0.05) is 18.0 Å². The molecule has 0 saturated heterocycles. The third kappa shape index (κ3) is 3.24. The smallest absolute Gasteiger partial charge is 0.290 e. The zero-order valence-electron chi connectivity index (χ0n) is 14.2. The quantitative estimate of drug-likeness (QED) is 0.638. The van der Waals surface area contributed by atoms with Gasteiger partial charge < -0.3 is 5.32 Å². The summed E-state index contributed by atoms with van der Waals surface area (Å²) in [4.78, 5) is 8.77. The number of rotatable bonds is 4.